The molecule has 0 aromatic heterocycles. The lowest BCUT2D eigenvalue weighted by molar-refractivity contribution is 0.237. The van der Waals surface area contributed by atoms with Crippen molar-refractivity contribution < 1.29 is 5.11 Å². The highest BCUT2D eigenvalue weighted by atomic mass is 16.3. The van der Waals surface area contributed by atoms with Crippen LogP contribution in [0.4, 0.5) is 0 Å². The Bertz CT molecular complexity index is 115. The number of aliphatic hydroxyl groups excluding tert-OH is 1. The van der Waals surface area contributed by atoms with Gasteiger partial charge in [-0.3, -0.25) is 0 Å². The number of rotatable bonds is 4. The summed E-state index contributed by atoms with van der Waals surface area (Å²) in [6.45, 7) is 4.17. The highest BCUT2D eigenvalue weighted by Crippen LogP contribution is 1.90. The van der Waals surface area contributed by atoms with Crippen LogP contribution < -0.4 is 5.32 Å². The molecule has 1 unspecified atom stereocenters. The average Bonchev–Trinajstić information content (AvgIpc) is 1.86. The highest BCUT2D eigenvalue weighted by Gasteiger charge is 2.05. The van der Waals surface area contributed by atoms with Gasteiger partial charge in [-0.15, -0.1) is 12.3 Å². The van der Waals surface area contributed by atoms with E-state index in [0.717, 1.165) is 0 Å². The first-order chi connectivity index (χ1) is 4.70. The van der Waals surface area contributed by atoms with Crippen molar-refractivity contribution >= 4 is 0 Å². The van der Waals surface area contributed by atoms with E-state index in [1.54, 1.807) is 0 Å². The first kappa shape index (κ1) is 9.48. The highest BCUT2D eigenvalue weighted by molar-refractivity contribution is 4.89. The second-order valence-electron chi connectivity index (χ2n) is 2.61. The summed E-state index contributed by atoms with van der Waals surface area (Å²) in [4.78, 5) is 0. The SMILES string of the molecule is C#CCC(CO)NC(C)C. The molecule has 0 rings (SSSR count). The summed E-state index contributed by atoms with van der Waals surface area (Å²) in [5.74, 6) is 2.50. The molecule has 0 saturated heterocycles. The lowest BCUT2D eigenvalue weighted by Gasteiger charge is -2.15. The van der Waals surface area contributed by atoms with Gasteiger partial charge >= 0.3 is 0 Å². The molecule has 58 valence electrons. The molecule has 0 aromatic rings. The molecule has 0 aliphatic carbocycles. The molecule has 0 amide bonds. The van der Waals surface area contributed by atoms with Gasteiger partial charge in [-0.05, 0) is 0 Å². The number of terminal acetylenes is 1. The van der Waals surface area contributed by atoms with Crippen LogP contribution in [0.2, 0.25) is 0 Å². The van der Waals surface area contributed by atoms with Gasteiger partial charge in [0.25, 0.3) is 0 Å². The summed E-state index contributed by atoms with van der Waals surface area (Å²) in [7, 11) is 0. The van der Waals surface area contributed by atoms with Crippen molar-refractivity contribution in [3.63, 3.8) is 0 Å². The van der Waals surface area contributed by atoms with Gasteiger partial charge in [-0.1, -0.05) is 13.8 Å². The minimum absolute atomic E-state index is 0.0602. The molecule has 0 aliphatic heterocycles. The van der Waals surface area contributed by atoms with Gasteiger partial charge in [0, 0.05) is 18.5 Å². The number of aliphatic hydroxyl groups is 1. The molecule has 0 heterocycles. The maximum atomic E-state index is 8.75. The third-order valence-electron chi connectivity index (χ3n) is 1.15. The fourth-order valence-electron chi connectivity index (χ4n) is 0.790. The summed E-state index contributed by atoms with van der Waals surface area (Å²) in [6, 6.07) is 0.440. The second-order valence-corrected chi connectivity index (χ2v) is 2.61. The molecule has 2 N–H and O–H groups in total. The van der Waals surface area contributed by atoms with Crippen LogP contribution in [-0.4, -0.2) is 23.8 Å². The molecular formula is C8H15NO. The van der Waals surface area contributed by atoms with E-state index in [1.807, 2.05) is 13.8 Å². The van der Waals surface area contributed by atoms with Crippen molar-refractivity contribution in [3.05, 3.63) is 0 Å². The van der Waals surface area contributed by atoms with E-state index in [0.29, 0.717) is 12.5 Å². The first-order valence-electron chi connectivity index (χ1n) is 3.51. The third kappa shape index (κ3) is 4.37. The van der Waals surface area contributed by atoms with Crippen LogP contribution in [-0.2, 0) is 0 Å². The van der Waals surface area contributed by atoms with Crippen molar-refractivity contribution in [1.82, 2.24) is 5.32 Å². The van der Waals surface area contributed by atoms with E-state index < -0.39 is 0 Å². The molecule has 0 spiro atoms. The topological polar surface area (TPSA) is 32.3 Å². The van der Waals surface area contributed by atoms with E-state index in [2.05, 4.69) is 11.2 Å². The second kappa shape index (κ2) is 5.28. The Morgan fingerprint density at radius 2 is 2.20 bits per heavy atom. The van der Waals surface area contributed by atoms with Gasteiger partial charge in [-0.2, -0.15) is 0 Å². The van der Waals surface area contributed by atoms with Gasteiger partial charge < -0.3 is 10.4 Å². The van der Waals surface area contributed by atoms with Crippen LogP contribution in [0.5, 0.6) is 0 Å². The lowest BCUT2D eigenvalue weighted by atomic mass is 10.2. The van der Waals surface area contributed by atoms with Crippen LogP contribution in [0, 0.1) is 12.3 Å². The molecule has 0 bridgehead atoms. The smallest absolute Gasteiger partial charge is 0.0594 e. The van der Waals surface area contributed by atoms with Crippen molar-refractivity contribution in [1.29, 1.82) is 0 Å². The molecule has 0 fully saturated rings. The molecule has 2 nitrogen and oxygen atoms in total. The van der Waals surface area contributed by atoms with Crippen molar-refractivity contribution in [2.45, 2.75) is 32.4 Å². The van der Waals surface area contributed by atoms with Crippen molar-refractivity contribution in [2.75, 3.05) is 6.61 Å². The van der Waals surface area contributed by atoms with E-state index in [4.69, 9.17) is 11.5 Å². The first-order valence-corrected chi connectivity index (χ1v) is 3.51. The Kier molecular flexibility index (Phi) is 5.00. The summed E-state index contributed by atoms with van der Waals surface area (Å²) >= 11 is 0. The Hall–Kier alpha value is -0.520. The van der Waals surface area contributed by atoms with Crippen LogP contribution in [0.3, 0.4) is 0 Å². The summed E-state index contributed by atoms with van der Waals surface area (Å²) < 4.78 is 0. The molecule has 0 aliphatic rings. The Morgan fingerprint density at radius 3 is 2.50 bits per heavy atom. The van der Waals surface area contributed by atoms with Gasteiger partial charge in [0.1, 0.15) is 0 Å². The Balaban J connectivity index is 3.52. The monoisotopic (exact) mass is 141 g/mol. The molecule has 10 heavy (non-hydrogen) atoms. The molecule has 0 saturated carbocycles. The third-order valence-corrected chi connectivity index (χ3v) is 1.15. The minimum Gasteiger partial charge on any atom is -0.395 e. The van der Waals surface area contributed by atoms with E-state index in [9.17, 15) is 0 Å². The predicted molar refractivity (Wildman–Crippen MR) is 42.6 cm³/mol. The number of hydrogen-bond donors (Lipinski definition) is 2. The standard InChI is InChI=1S/C8H15NO/c1-4-5-8(6-10)9-7(2)3/h1,7-10H,5-6H2,2-3H3. The van der Waals surface area contributed by atoms with E-state index in [1.165, 1.54) is 0 Å². The minimum atomic E-state index is 0.0602. The summed E-state index contributed by atoms with van der Waals surface area (Å²) in [5.41, 5.74) is 0. The zero-order chi connectivity index (χ0) is 7.98. The quantitative estimate of drug-likeness (QED) is 0.554. The van der Waals surface area contributed by atoms with Gasteiger partial charge in [-0.25, -0.2) is 0 Å². The Labute approximate surface area is 62.6 Å². The van der Waals surface area contributed by atoms with Gasteiger partial charge in [0.05, 0.1) is 6.61 Å². The number of nitrogens with one attached hydrogen (secondary N) is 1. The van der Waals surface area contributed by atoms with Crippen LogP contribution in [0.15, 0.2) is 0 Å². The molecule has 2 heteroatoms. The average molecular weight is 141 g/mol. The van der Waals surface area contributed by atoms with Crippen LogP contribution >= 0.6 is 0 Å². The van der Waals surface area contributed by atoms with Crippen molar-refractivity contribution in [3.8, 4) is 12.3 Å². The van der Waals surface area contributed by atoms with Gasteiger partial charge in [0.2, 0.25) is 0 Å². The van der Waals surface area contributed by atoms with Crippen molar-refractivity contribution in [2.24, 2.45) is 0 Å². The summed E-state index contributed by atoms with van der Waals surface area (Å²) in [6.07, 6.45) is 5.67. The lowest BCUT2D eigenvalue weighted by Crippen LogP contribution is -2.37. The maximum Gasteiger partial charge on any atom is 0.0594 e. The molecule has 0 radical (unpaired) electrons. The van der Waals surface area contributed by atoms with Crippen LogP contribution in [0.1, 0.15) is 20.3 Å². The molecule has 0 aromatic carbocycles. The van der Waals surface area contributed by atoms with E-state index >= 15 is 0 Å². The molecular weight excluding hydrogens is 126 g/mol. The maximum absolute atomic E-state index is 8.75. The number of hydrogen-bond acceptors (Lipinski definition) is 2. The van der Waals surface area contributed by atoms with Crippen LogP contribution in [0.25, 0.3) is 0 Å². The normalized spacial score (nSPS) is 13.1. The van der Waals surface area contributed by atoms with Gasteiger partial charge in [0.15, 0.2) is 0 Å². The Morgan fingerprint density at radius 1 is 1.60 bits per heavy atom. The fraction of sp³-hybridized carbons (Fsp3) is 0.750. The zero-order valence-electron chi connectivity index (χ0n) is 6.59. The fourth-order valence-corrected chi connectivity index (χ4v) is 0.790. The molecule has 1 atom stereocenters. The summed E-state index contributed by atoms with van der Waals surface area (Å²) in [5, 5.41) is 11.9. The largest absolute Gasteiger partial charge is 0.395 e. The van der Waals surface area contributed by atoms with E-state index in [-0.39, 0.29) is 12.6 Å². The predicted octanol–water partition coefficient (Wildman–Crippen LogP) is 0.369. The zero-order valence-corrected chi connectivity index (χ0v) is 6.59.